The van der Waals surface area contributed by atoms with Gasteiger partial charge in [-0.15, -0.1) is 0 Å². The summed E-state index contributed by atoms with van der Waals surface area (Å²) in [5.74, 6) is 1.69. The molecule has 3 rings (SSSR count). The van der Waals surface area contributed by atoms with Gasteiger partial charge in [-0.1, -0.05) is 13.8 Å². The molecule has 136 valence electrons. The molecule has 4 atom stereocenters. The van der Waals surface area contributed by atoms with Gasteiger partial charge < -0.3 is 20.7 Å². The second-order valence-corrected chi connectivity index (χ2v) is 8.21. The number of likely N-dealkylation sites (tertiary alicyclic amines) is 1. The molecule has 4 unspecified atom stereocenters. The molecule has 0 bridgehead atoms. The van der Waals surface area contributed by atoms with E-state index in [0.29, 0.717) is 30.4 Å². The zero-order valence-corrected chi connectivity index (χ0v) is 15.3. The van der Waals surface area contributed by atoms with E-state index >= 15 is 0 Å². The SMILES string of the molecule is CN=C(NC1C2CCCOC2C1(C)C)N1CCCC(CC(N)=O)C1. The first-order chi connectivity index (χ1) is 11.4. The molecule has 6 heteroatoms. The van der Waals surface area contributed by atoms with E-state index in [4.69, 9.17) is 10.5 Å². The van der Waals surface area contributed by atoms with Crippen molar-refractivity contribution in [3.8, 4) is 0 Å². The van der Waals surface area contributed by atoms with Crippen molar-refractivity contribution < 1.29 is 9.53 Å². The Bertz CT molecular complexity index is 505. The third kappa shape index (κ3) is 3.25. The van der Waals surface area contributed by atoms with E-state index in [-0.39, 0.29) is 11.3 Å². The molecule has 2 saturated heterocycles. The number of nitrogens with one attached hydrogen (secondary N) is 1. The maximum atomic E-state index is 11.2. The van der Waals surface area contributed by atoms with E-state index in [0.717, 1.165) is 44.9 Å². The van der Waals surface area contributed by atoms with E-state index < -0.39 is 0 Å². The molecule has 0 spiro atoms. The molecule has 3 aliphatic rings. The van der Waals surface area contributed by atoms with Gasteiger partial charge in [0.05, 0.1) is 6.10 Å². The van der Waals surface area contributed by atoms with E-state index in [1.165, 1.54) is 6.42 Å². The first kappa shape index (κ1) is 17.5. The van der Waals surface area contributed by atoms with Gasteiger partial charge in [-0.05, 0) is 31.6 Å². The molecular formula is C18H32N4O2. The number of hydrogen-bond donors (Lipinski definition) is 2. The standard InChI is InChI=1S/C18H32N4O2/c1-18(2)15(13-7-5-9-24-16(13)18)21-17(20-3)22-8-4-6-12(11-22)10-14(19)23/h12-13,15-16H,4-11H2,1-3H3,(H2,19,23)(H,20,21). The fraction of sp³-hybridized carbons (Fsp3) is 0.889. The summed E-state index contributed by atoms with van der Waals surface area (Å²) in [6, 6.07) is 0.401. The van der Waals surface area contributed by atoms with Crippen LogP contribution in [0.4, 0.5) is 0 Å². The number of piperidine rings is 1. The molecule has 2 heterocycles. The summed E-state index contributed by atoms with van der Waals surface area (Å²) in [5.41, 5.74) is 5.51. The van der Waals surface area contributed by atoms with Gasteiger partial charge in [-0.3, -0.25) is 9.79 Å². The van der Waals surface area contributed by atoms with Crippen LogP contribution in [-0.4, -0.2) is 55.7 Å². The first-order valence-electron chi connectivity index (χ1n) is 9.31. The van der Waals surface area contributed by atoms with Crippen LogP contribution in [-0.2, 0) is 9.53 Å². The predicted octanol–water partition coefficient (Wildman–Crippen LogP) is 1.35. The third-order valence-electron chi connectivity index (χ3n) is 6.14. The Morgan fingerprint density at radius 1 is 1.38 bits per heavy atom. The largest absolute Gasteiger partial charge is 0.377 e. The minimum atomic E-state index is -0.202. The maximum Gasteiger partial charge on any atom is 0.217 e. The highest BCUT2D eigenvalue weighted by Gasteiger charge is 2.58. The van der Waals surface area contributed by atoms with Gasteiger partial charge in [-0.25, -0.2) is 0 Å². The Morgan fingerprint density at radius 3 is 2.88 bits per heavy atom. The highest BCUT2D eigenvalue weighted by molar-refractivity contribution is 5.81. The van der Waals surface area contributed by atoms with Crippen molar-refractivity contribution in [1.82, 2.24) is 10.2 Å². The van der Waals surface area contributed by atoms with Crippen LogP contribution in [0.3, 0.4) is 0 Å². The molecule has 2 aliphatic heterocycles. The number of aliphatic imine (C=N–C) groups is 1. The highest BCUT2D eigenvalue weighted by Crippen LogP contribution is 2.51. The van der Waals surface area contributed by atoms with Crippen LogP contribution >= 0.6 is 0 Å². The number of nitrogens with two attached hydrogens (primary N) is 1. The van der Waals surface area contributed by atoms with E-state index in [1.807, 2.05) is 7.05 Å². The van der Waals surface area contributed by atoms with Crippen LogP contribution < -0.4 is 11.1 Å². The van der Waals surface area contributed by atoms with Crippen molar-refractivity contribution in [1.29, 1.82) is 0 Å². The predicted molar refractivity (Wildman–Crippen MR) is 94.6 cm³/mol. The lowest BCUT2D eigenvalue weighted by molar-refractivity contribution is -0.188. The van der Waals surface area contributed by atoms with E-state index in [2.05, 4.69) is 29.1 Å². The quantitative estimate of drug-likeness (QED) is 0.602. The number of fused-ring (bicyclic) bond motifs is 1. The molecule has 1 saturated carbocycles. The first-order valence-corrected chi connectivity index (χ1v) is 9.31. The Labute approximate surface area is 145 Å². The third-order valence-corrected chi connectivity index (χ3v) is 6.14. The van der Waals surface area contributed by atoms with Gasteiger partial charge >= 0.3 is 0 Å². The van der Waals surface area contributed by atoms with Crippen molar-refractivity contribution in [2.24, 2.45) is 28.0 Å². The smallest absolute Gasteiger partial charge is 0.217 e. The van der Waals surface area contributed by atoms with Crippen molar-refractivity contribution in [2.75, 3.05) is 26.7 Å². The lowest BCUT2D eigenvalue weighted by atomic mass is 9.55. The molecule has 0 aromatic heterocycles. The lowest BCUT2D eigenvalue weighted by Crippen LogP contribution is -2.71. The molecule has 24 heavy (non-hydrogen) atoms. The van der Waals surface area contributed by atoms with Crippen LogP contribution in [0, 0.1) is 17.3 Å². The number of nitrogens with zero attached hydrogens (tertiary/aromatic N) is 2. The monoisotopic (exact) mass is 336 g/mol. The Hall–Kier alpha value is -1.30. The van der Waals surface area contributed by atoms with Gasteiger partial charge in [0.25, 0.3) is 0 Å². The number of amides is 1. The minimum Gasteiger partial charge on any atom is -0.377 e. The number of ether oxygens (including phenoxy) is 1. The topological polar surface area (TPSA) is 80.0 Å². The summed E-state index contributed by atoms with van der Waals surface area (Å²) >= 11 is 0. The van der Waals surface area contributed by atoms with Crippen molar-refractivity contribution >= 4 is 11.9 Å². The number of carbonyl (C=O) groups excluding carboxylic acids is 1. The molecule has 1 amide bonds. The average Bonchev–Trinajstić information content (AvgIpc) is 2.55. The number of primary amides is 1. The molecule has 1 aliphatic carbocycles. The van der Waals surface area contributed by atoms with Crippen LogP contribution in [0.2, 0.25) is 0 Å². The minimum absolute atomic E-state index is 0.128. The zero-order chi connectivity index (χ0) is 17.3. The van der Waals surface area contributed by atoms with E-state index in [9.17, 15) is 4.79 Å². The van der Waals surface area contributed by atoms with Crippen LogP contribution in [0.1, 0.15) is 46.0 Å². The summed E-state index contributed by atoms with van der Waals surface area (Å²) in [6.45, 7) is 7.33. The van der Waals surface area contributed by atoms with Gasteiger partial charge in [0, 0.05) is 50.5 Å². The fourth-order valence-electron chi connectivity index (χ4n) is 4.96. The summed E-state index contributed by atoms with van der Waals surface area (Å²) < 4.78 is 6.00. The summed E-state index contributed by atoms with van der Waals surface area (Å²) in [4.78, 5) is 18.1. The number of guanidine groups is 1. The summed E-state index contributed by atoms with van der Waals surface area (Å²) in [7, 11) is 1.85. The Balaban J connectivity index is 1.63. The molecule has 0 aromatic carbocycles. The Kier molecular flexibility index (Phi) is 5.04. The lowest BCUT2D eigenvalue weighted by Gasteiger charge is -2.60. The summed E-state index contributed by atoms with van der Waals surface area (Å²) in [5, 5.41) is 3.72. The molecule has 3 fully saturated rings. The molecular weight excluding hydrogens is 304 g/mol. The van der Waals surface area contributed by atoms with Crippen molar-refractivity contribution in [2.45, 2.75) is 58.1 Å². The average molecular weight is 336 g/mol. The zero-order valence-electron chi connectivity index (χ0n) is 15.3. The Morgan fingerprint density at radius 2 is 2.17 bits per heavy atom. The molecule has 6 nitrogen and oxygen atoms in total. The van der Waals surface area contributed by atoms with Crippen LogP contribution in [0.25, 0.3) is 0 Å². The van der Waals surface area contributed by atoms with Gasteiger partial charge in [0.2, 0.25) is 5.91 Å². The van der Waals surface area contributed by atoms with Crippen LogP contribution in [0.5, 0.6) is 0 Å². The van der Waals surface area contributed by atoms with Gasteiger partial charge in [0.1, 0.15) is 0 Å². The van der Waals surface area contributed by atoms with Crippen LogP contribution in [0.15, 0.2) is 4.99 Å². The summed E-state index contributed by atoms with van der Waals surface area (Å²) in [6.07, 6.45) is 5.38. The highest BCUT2D eigenvalue weighted by atomic mass is 16.5. The number of rotatable bonds is 3. The van der Waals surface area contributed by atoms with Gasteiger partial charge in [-0.2, -0.15) is 0 Å². The second kappa shape index (κ2) is 6.90. The maximum absolute atomic E-state index is 11.2. The van der Waals surface area contributed by atoms with E-state index in [1.54, 1.807) is 0 Å². The van der Waals surface area contributed by atoms with Crippen molar-refractivity contribution in [3.63, 3.8) is 0 Å². The normalized spacial score (nSPS) is 35.8. The molecule has 0 radical (unpaired) electrons. The molecule has 3 N–H and O–H groups in total. The van der Waals surface area contributed by atoms with Gasteiger partial charge in [0.15, 0.2) is 5.96 Å². The molecule has 0 aromatic rings. The second-order valence-electron chi connectivity index (χ2n) is 8.21. The number of hydrogen-bond acceptors (Lipinski definition) is 3. The number of carbonyl (C=O) groups is 1. The fourth-order valence-corrected chi connectivity index (χ4v) is 4.96. The van der Waals surface area contributed by atoms with Crippen molar-refractivity contribution in [3.05, 3.63) is 0 Å².